The second-order valence-corrected chi connectivity index (χ2v) is 6.81. The van der Waals surface area contributed by atoms with Crippen LogP contribution in [-0.4, -0.2) is 35.1 Å². The van der Waals surface area contributed by atoms with Crippen LogP contribution in [0.1, 0.15) is 72.1 Å². The maximum absolute atomic E-state index is 9.69. The predicted molar refractivity (Wildman–Crippen MR) is 83.5 cm³/mol. The highest BCUT2D eigenvalue weighted by Gasteiger charge is 2.42. The quantitative estimate of drug-likeness (QED) is 0.836. The van der Waals surface area contributed by atoms with Gasteiger partial charge < -0.3 is 0 Å². The van der Waals surface area contributed by atoms with Crippen LogP contribution in [0.2, 0.25) is 0 Å². The third-order valence-electron chi connectivity index (χ3n) is 5.39. The maximum atomic E-state index is 9.69. The molecule has 0 bridgehead atoms. The van der Waals surface area contributed by atoms with Gasteiger partial charge in [0, 0.05) is 18.1 Å². The van der Waals surface area contributed by atoms with Crippen molar-refractivity contribution < 1.29 is 0 Å². The van der Waals surface area contributed by atoms with Crippen molar-refractivity contribution in [1.82, 2.24) is 10.2 Å². The highest BCUT2D eigenvalue weighted by molar-refractivity contribution is 5.12. The van der Waals surface area contributed by atoms with E-state index in [1.807, 2.05) is 0 Å². The molecule has 0 aromatic rings. The van der Waals surface area contributed by atoms with Crippen molar-refractivity contribution in [2.45, 2.75) is 95.8 Å². The fourth-order valence-electron chi connectivity index (χ4n) is 4.33. The molecule has 0 radical (unpaired) electrons. The van der Waals surface area contributed by atoms with E-state index in [1.165, 1.54) is 32.1 Å². The Morgan fingerprint density at radius 1 is 1.30 bits per heavy atom. The van der Waals surface area contributed by atoms with Gasteiger partial charge in [-0.15, -0.1) is 0 Å². The zero-order valence-electron chi connectivity index (χ0n) is 13.5. The molecule has 1 aliphatic carbocycles. The molecule has 4 atom stereocenters. The van der Waals surface area contributed by atoms with Crippen LogP contribution >= 0.6 is 0 Å². The molecular weight excluding hydrogens is 246 g/mol. The number of nitrogens with zero attached hydrogens (tertiary/aromatic N) is 2. The van der Waals surface area contributed by atoms with Crippen LogP contribution in [0.3, 0.4) is 0 Å². The third-order valence-corrected chi connectivity index (χ3v) is 5.39. The summed E-state index contributed by atoms with van der Waals surface area (Å²) in [7, 11) is 0. The Labute approximate surface area is 124 Å². The molecule has 4 unspecified atom stereocenters. The third kappa shape index (κ3) is 3.18. The summed E-state index contributed by atoms with van der Waals surface area (Å²) in [4.78, 5) is 2.75. The largest absolute Gasteiger partial charge is 0.299 e. The van der Waals surface area contributed by atoms with E-state index in [0.29, 0.717) is 12.1 Å². The first-order valence-corrected chi connectivity index (χ1v) is 8.59. The van der Waals surface area contributed by atoms with Gasteiger partial charge in [-0.1, -0.05) is 13.8 Å². The lowest BCUT2D eigenvalue weighted by atomic mass is 9.78. The molecule has 3 heteroatoms. The minimum Gasteiger partial charge on any atom is -0.299 e. The zero-order chi connectivity index (χ0) is 14.6. The first-order chi connectivity index (χ1) is 9.65. The first kappa shape index (κ1) is 15.8. The van der Waals surface area contributed by atoms with E-state index >= 15 is 0 Å². The van der Waals surface area contributed by atoms with E-state index < -0.39 is 0 Å². The van der Waals surface area contributed by atoms with Gasteiger partial charge in [0.05, 0.1) is 6.07 Å². The normalized spacial score (nSPS) is 38.8. The summed E-state index contributed by atoms with van der Waals surface area (Å²) < 4.78 is 0. The molecule has 1 aliphatic heterocycles. The second kappa shape index (κ2) is 6.91. The number of nitriles is 1. The molecule has 0 aromatic heterocycles. The van der Waals surface area contributed by atoms with Gasteiger partial charge in [0.15, 0.2) is 0 Å². The molecule has 20 heavy (non-hydrogen) atoms. The lowest BCUT2D eigenvalue weighted by Crippen LogP contribution is -2.55. The highest BCUT2D eigenvalue weighted by Crippen LogP contribution is 2.37. The molecule has 0 spiro atoms. The van der Waals surface area contributed by atoms with Crippen LogP contribution in [0, 0.1) is 11.3 Å². The van der Waals surface area contributed by atoms with Gasteiger partial charge in [-0.2, -0.15) is 5.26 Å². The van der Waals surface area contributed by atoms with Gasteiger partial charge in [-0.25, -0.2) is 0 Å². The van der Waals surface area contributed by atoms with Crippen LogP contribution < -0.4 is 5.32 Å². The topological polar surface area (TPSA) is 39.1 Å². The smallest absolute Gasteiger partial charge is 0.108 e. The molecule has 3 nitrogen and oxygen atoms in total. The lowest BCUT2D eigenvalue weighted by molar-refractivity contribution is 0.0783. The molecule has 1 saturated heterocycles. The van der Waals surface area contributed by atoms with Crippen molar-refractivity contribution in [3.63, 3.8) is 0 Å². The van der Waals surface area contributed by atoms with Gasteiger partial charge in [0.2, 0.25) is 0 Å². The number of hydrogen-bond donors (Lipinski definition) is 1. The van der Waals surface area contributed by atoms with Gasteiger partial charge >= 0.3 is 0 Å². The van der Waals surface area contributed by atoms with Crippen molar-refractivity contribution in [2.75, 3.05) is 6.54 Å². The zero-order valence-corrected chi connectivity index (χ0v) is 13.5. The fourth-order valence-corrected chi connectivity index (χ4v) is 4.33. The van der Waals surface area contributed by atoms with E-state index in [1.54, 1.807) is 0 Å². The Kier molecular flexibility index (Phi) is 5.46. The summed E-state index contributed by atoms with van der Waals surface area (Å²) in [5, 5.41) is 13.2. The molecule has 2 fully saturated rings. The Hall–Kier alpha value is -0.590. The van der Waals surface area contributed by atoms with Crippen LogP contribution in [0.15, 0.2) is 0 Å². The summed E-state index contributed by atoms with van der Waals surface area (Å²) in [6.07, 6.45) is 9.54. The Morgan fingerprint density at radius 2 is 2.10 bits per heavy atom. The highest BCUT2D eigenvalue weighted by atomic mass is 15.2. The van der Waals surface area contributed by atoms with Crippen molar-refractivity contribution in [2.24, 2.45) is 0 Å². The van der Waals surface area contributed by atoms with Crippen molar-refractivity contribution in [1.29, 1.82) is 5.26 Å². The fraction of sp³-hybridized carbons (Fsp3) is 0.941. The SMILES string of the molecule is CCCNC1(C#N)CCCC(N2C(C)CCC2CC)C1. The second-order valence-electron chi connectivity index (χ2n) is 6.81. The van der Waals surface area contributed by atoms with Gasteiger partial charge in [0.25, 0.3) is 0 Å². The van der Waals surface area contributed by atoms with Crippen molar-refractivity contribution in [3.8, 4) is 6.07 Å². The van der Waals surface area contributed by atoms with E-state index in [0.717, 1.165) is 31.8 Å². The Morgan fingerprint density at radius 3 is 2.75 bits per heavy atom. The van der Waals surface area contributed by atoms with Crippen LogP contribution in [0.5, 0.6) is 0 Å². The van der Waals surface area contributed by atoms with Crippen LogP contribution in [0.25, 0.3) is 0 Å². The molecule has 1 N–H and O–H groups in total. The Balaban J connectivity index is 2.07. The average molecular weight is 277 g/mol. The van der Waals surface area contributed by atoms with E-state index in [-0.39, 0.29) is 5.54 Å². The molecule has 1 heterocycles. The molecule has 0 amide bonds. The molecule has 2 rings (SSSR count). The van der Waals surface area contributed by atoms with Crippen LogP contribution in [0.4, 0.5) is 0 Å². The standard InChI is InChI=1S/C17H31N3/c1-4-11-19-17(13-18)10-6-7-16(12-17)20-14(3)8-9-15(20)5-2/h14-16,19H,4-12H2,1-3H3. The van der Waals surface area contributed by atoms with E-state index in [2.05, 4.69) is 37.1 Å². The van der Waals surface area contributed by atoms with Gasteiger partial charge in [-0.05, 0) is 64.8 Å². The summed E-state index contributed by atoms with van der Waals surface area (Å²) in [5.74, 6) is 0. The van der Waals surface area contributed by atoms with E-state index in [9.17, 15) is 5.26 Å². The molecular formula is C17H31N3. The van der Waals surface area contributed by atoms with Crippen LogP contribution in [-0.2, 0) is 0 Å². The first-order valence-electron chi connectivity index (χ1n) is 8.59. The molecule has 1 saturated carbocycles. The average Bonchev–Trinajstić information content (AvgIpc) is 2.86. The minimum absolute atomic E-state index is 0.264. The monoisotopic (exact) mass is 277 g/mol. The number of likely N-dealkylation sites (tertiary alicyclic amines) is 1. The Bertz CT molecular complexity index is 349. The van der Waals surface area contributed by atoms with Gasteiger partial charge in [-0.3, -0.25) is 10.2 Å². The minimum atomic E-state index is -0.264. The van der Waals surface area contributed by atoms with E-state index in [4.69, 9.17) is 0 Å². The number of nitrogens with one attached hydrogen (secondary N) is 1. The van der Waals surface area contributed by atoms with Crippen molar-refractivity contribution in [3.05, 3.63) is 0 Å². The van der Waals surface area contributed by atoms with Gasteiger partial charge in [0.1, 0.15) is 5.54 Å². The molecule has 2 aliphatic rings. The summed E-state index contributed by atoms with van der Waals surface area (Å²) in [5.41, 5.74) is -0.264. The lowest BCUT2D eigenvalue weighted by Gasteiger charge is -2.44. The summed E-state index contributed by atoms with van der Waals surface area (Å²) in [6.45, 7) is 7.82. The maximum Gasteiger partial charge on any atom is 0.108 e. The predicted octanol–water partition coefficient (Wildman–Crippen LogP) is 3.45. The molecule has 0 aromatic carbocycles. The molecule has 114 valence electrons. The number of hydrogen-bond acceptors (Lipinski definition) is 3. The number of rotatable bonds is 5. The summed E-state index contributed by atoms with van der Waals surface area (Å²) >= 11 is 0. The van der Waals surface area contributed by atoms with Crippen molar-refractivity contribution >= 4 is 0 Å². The summed E-state index contributed by atoms with van der Waals surface area (Å²) in [6, 6.07) is 4.67.